The molecule has 5 nitrogen and oxygen atoms in total. The van der Waals surface area contributed by atoms with Crippen LogP contribution in [0.25, 0.3) is 10.8 Å². The number of hydrogen-bond donors (Lipinski definition) is 1. The van der Waals surface area contributed by atoms with Crippen molar-refractivity contribution < 1.29 is 19.0 Å². The Morgan fingerprint density at radius 3 is 2.21 bits per heavy atom. The van der Waals surface area contributed by atoms with E-state index < -0.39 is 0 Å². The number of fused-ring (bicyclic) bond motifs is 3. The first-order valence-corrected chi connectivity index (χ1v) is 9.67. The normalized spacial score (nSPS) is 15.7. The van der Waals surface area contributed by atoms with E-state index in [4.69, 9.17) is 14.2 Å². The van der Waals surface area contributed by atoms with E-state index in [-0.39, 0.29) is 11.8 Å². The second-order valence-corrected chi connectivity index (χ2v) is 7.48. The fourth-order valence-electron chi connectivity index (χ4n) is 3.85. The van der Waals surface area contributed by atoms with Gasteiger partial charge in [0.1, 0.15) is 5.75 Å². The molecule has 144 valence electrons. The van der Waals surface area contributed by atoms with Gasteiger partial charge in [-0.3, -0.25) is 4.79 Å². The zero-order chi connectivity index (χ0) is 19.8. The van der Waals surface area contributed by atoms with Gasteiger partial charge in [-0.25, -0.2) is 0 Å². The van der Waals surface area contributed by atoms with Crippen LogP contribution < -0.4 is 19.5 Å². The van der Waals surface area contributed by atoms with Gasteiger partial charge in [-0.1, -0.05) is 40.2 Å². The van der Waals surface area contributed by atoms with Crippen LogP contribution in [0, 0.1) is 0 Å². The molecule has 0 aromatic heterocycles. The Morgan fingerprint density at radius 1 is 0.893 bits per heavy atom. The van der Waals surface area contributed by atoms with Crippen LogP contribution in [0.5, 0.6) is 17.2 Å². The van der Waals surface area contributed by atoms with Crippen LogP contribution >= 0.6 is 15.9 Å². The van der Waals surface area contributed by atoms with Crippen molar-refractivity contribution in [1.29, 1.82) is 0 Å². The summed E-state index contributed by atoms with van der Waals surface area (Å²) in [6.45, 7) is 0. The summed E-state index contributed by atoms with van der Waals surface area (Å²) in [4.78, 5) is 12.6. The fourth-order valence-corrected chi connectivity index (χ4v) is 4.45. The Bertz CT molecular complexity index is 1080. The molecule has 0 aliphatic carbocycles. The molecule has 0 saturated heterocycles. The zero-order valence-electron chi connectivity index (χ0n) is 15.8. The van der Waals surface area contributed by atoms with Crippen LogP contribution in [0.4, 0.5) is 5.69 Å². The summed E-state index contributed by atoms with van der Waals surface area (Å²) >= 11 is 3.69. The van der Waals surface area contributed by atoms with Gasteiger partial charge in [0.15, 0.2) is 11.5 Å². The Hall–Kier alpha value is -2.73. The Morgan fingerprint density at radius 2 is 1.54 bits per heavy atom. The number of carbonyl (C=O) groups is 1. The number of rotatable bonds is 4. The molecule has 28 heavy (non-hydrogen) atoms. The van der Waals surface area contributed by atoms with Crippen molar-refractivity contribution in [2.75, 3.05) is 26.6 Å². The summed E-state index contributed by atoms with van der Waals surface area (Å²) < 4.78 is 17.5. The highest BCUT2D eigenvalue weighted by Gasteiger charge is 2.31. The quantitative estimate of drug-likeness (QED) is 0.611. The van der Waals surface area contributed by atoms with E-state index in [9.17, 15) is 4.79 Å². The lowest BCUT2D eigenvalue weighted by molar-refractivity contribution is -0.116. The summed E-state index contributed by atoms with van der Waals surface area (Å²) in [7, 11) is 4.80. The third-order valence-electron chi connectivity index (χ3n) is 5.17. The highest BCUT2D eigenvalue weighted by Crippen LogP contribution is 2.47. The molecule has 1 atom stereocenters. The number of benzene rings is 3. The maximum Gasteiger partial charge on any atom is 0.225 e. The lowest BCUT2D eigenvalue weighted by Crippen LogP contribution is -2.24. The monoisotopic (exact) mass is 441 g/mol. The van der Waals surface area contributed by atoms with Crippen molar-refractivity contribution >= 4 is 38.3 Å². The first-order chi connectivity index (χ1) is 13.6. The Labute approximate surface area is 171 Å². The highest BCUT2D eigenvalue weighted by atomic mass is 79.9. The number of halogens is 1. The average Bonchev–Trinajstić information content (AvgIpc) is 2.73. The number of amides is 1. The molecule has 1 heterocycles. The zero-order valence-corrected chi connectivity index (χ0v) is 17.4. The van der Waals surface area contributed by atoms with Gasteiger partial charge in [0.25, 0.3) is 0 Å². The van der Waals surface area contributed by atoms with Crippen LogP contribution in [-0.4, -0.2) is 27.2 Å². The molecule has 0 bridgehead atoms. The van der Waals surface area contributed by atoms with Crippen LogP contribution in [0.1, 0.15) is 23.5 Å². The second-order valence-electron chi connectivity index (χ2n) is 6.62. The number of methoxy groups -OCH3 is 3. The van der Waals surface area contributed by atoms with Crippen LogP contribution in [0.15, 0.2) is 46.9 Å². The maximum absolute atomic E-state index is 12.6. The number of carbonyl (C=O) groups excluding carboxylic acids is 1. The topological polar surface area (TPSA) is 56.8 Å². The van der Waals surface area contributed by atoms with Gasteiger partial charge in [0.2, 0.25) is 5.91 Å². The molecule has 0 unspecified atom stereocenters. The first-order valence-electron chi connectivity index (χ1n) is 8.88. The molecule has 1 amide bonds. The third kappa shape index (κ3) is 2.98. The minimum Gasteiger partial charge on any atom is -0.496 e. The molecule has 1 aliphatic rings. The molecule has 0 spiro atoms. The second kappa shape index (κ2) is 7.36. The molecule has 1 aliphatic heterocycles. The molecule has 6 heteroatoms. The van der Waals surface area contributed by atoms with Gasteiger partial charge < -0.3 is 19.5 Å². The van der Waals surface area contributed by atoms with E-state index in [0.717, 1.165) is 32.1 Å². The van der Waals surface area contributed by atoms with E-state index in [2.05, 4.69) is 27.3 Å². The van der Waals surface area contributed by atoms with Crippen LogP contribution in [0.3, 0.4) is 0 Å². The molecular weight excluding hydrogens is 422 g/mol. The van der Waals surface area contributed by atoms with E-state index in [1.54, 1.807) is 27.4 Å². The molecular formula is C22H20BrNO4. The third-order valence-corrected chi connectivity index (χ3v) is 5.82. The molecule has 4 rings (SSSR count). The number of nitrogens with one attached hydrogen (secondary N) is 1. The summed E-state index contributed by atoms with van der Waals surface area (Å²) in [5.74, 6) is 1.66. The molecule has 0 saturated carbocycles. The number of ether oxygens (including phenoxy) is 3. The van der Waals surface area contributed by atoms with Crippen molar-refractivity contribution in [3.63, 3.8) is 0 Å². The summed E-state index contributed by atoms with van der Waals surface area (Å²) in [5.41, 5.74) is 2.77. The first kappa shape index (κ1) is 18.6. The predicted molar refractivity (Wildman–Crippen MR) is 113 cm³/mol. The van der Waals surface area contributed by atoms with Crippen LogP contribution in [-0.2, 0) is 4.79 Å². The van der Waals surface area contributed by atoms with E-state index in [1.165, 1.54) is 0 Å². The van der Waals surface area contributed by atoms with Crippen LogP contribution in [0.2, 0.25) is 0 Å². The largest absolute Gasteiger partial charge is 0.496 e. The average molecular weight is 442 g/mol. The molecule has 3 aromatic carbocycles. The minimum absolute atomic E-state index is 0.0261. The smallest absolute Gasteiger partial charge is 0.225 e. The molecule has 0 radical (unpaired) electrons. The predicted octanol–water partition coefficient (Wildman–Crippen LogP) is 5.10. The van der Waals surface area contributed by atoms with E-state index in [1.807, 2.05) is 30.3 Å². The van der Waals surface area contributed by atoms with E-state index >= 15 is 0 Å². The summed E-state index contributed by atoms with van der Waals surface area (Å²) in [5, 5.41) is 5.12. The van der Waals surface area contributed by atoms with Crippen molar-refractivity contribution in [3.05, 3.63) is 58.1 Å². The van der Waals surface area contributed by atoms with Crippen molar-refractivity contribution in [3.8, 4) is 17.2 Å². The lowest BCUT2D eigenvalue weighted by Gasteiger charge is -2.29. The van der Waals surface area contributed by atoms with Gasteiger partial charge in [-0.15, -0.1) is 0 Å². The van der Waals surface area contributed by atoms with Crippen molar-refractivity contribution in [1.82, 2.24) is 0 Å². The molecule has 1 N–H and O–H groups in total. The van der Waals surface area contributed by atoms with Gasteiger partial charge in [-0.2, -0.15) is 0 Å². The fraction of sp³-hybridized carbons (Fsp3) is 0.227. The van der Waals surface area contributed by atoms with E-state index in [0.29, 0.717) is 23.7 Å². The van der Waals surface area contributed by atoms with Gasteiger partial charge >= 0.3 is 0 Å². The van der Waals surface area contributed by atoms with Crippen molar-refractivity contribution in [2.24, 2.45) is 0 Å². The summed E-state index contributed by atoms with van der Waals surface area (Å²) in [6, 6.07) is 13.8. The SMILES string of the molecule is COc1cc(OC)c([C@@H]2CC(=O)Nc3c2cc(Br)c2ccccc32)cc1OC. The number of anilines is 1. The lowest BCUT2D eigenvalue weighted by atomic mass is 9.82. The highest BCUT2D eigenvalue weighted by molar-refractivity contribution is 9.10. The maximum atomic E-state index is 12.6. The van der Waals surface area contributed by atoms with Crippen molar-refractivity contribution in [2.45, 2.75) is 12.3 Å². The van der Waals surface area contributed by atoms with Gasteiger partial charge in [0, 0.05) is 33.8 Å². The number of hydrogen-bond acceptors (Lipinski definition) is 4. The Balaban J connectivity index is 1.97. The molecule has 0 fully saturated rings. The Kier molecular flexibility index (Phi) is 4.89. The minimum atomic E-state index is -0.167. The summed E-state index contributed by atoms with van der Waals surface area (Å²) in [6.07, 6.45) is 0.323. The standard InChI is InChI=1S/C22H20BrNO4/c1-26-18-11-20(28-3)19(27-2)9-15(18)14-10-21(25)24-22-13-7-5-4-6-12(13)17(23)8-16(14)22/h4-9,11,14H,10H2,1-3H3,(H,24,25)/t14-/m0/s1. The molecule has 3 aromatic rings. The van der Waals surface area contributed by atoms with Gasteiger partial charge in [0.05, 0.1) is 27.0 Å². The van der Waals surface area contributed by atoms with Gasteiger partial charge in [-0.05, 0) is 23.1 Å².